The standard InChI is InChI=1S/C35H33ClFN3O4/c1-19-24-15-10-16-43-31(24)26(37)18-25(19)30-27(32(34(41)42)44-35(3,4)5)20(2)38-33-28(22-13-9-14-23(36)17-22)29(39-40(30)33)21-11-7-6-8-12-21/h6-9,11-14,17-18,32H,10,15-16H2,1-5H3,(H,41,42). The lowest BCUT2D eigenvalue weighted by atomic mass is 9.90. The minimum absolute atomic E-state index is 0.242. The monoisotopic (exact) mass is 613 g/mol. The van der Waals surface area contributed by atoms with E-state index < -0.39 is 23.5 Å². The Morgan fingerprint density at radius 1 is 1.09 bits per heavy atom. The van der Waals surface area contributed by atoms with Gasteiger partial charge in [-0.25, -0.2) is 18.7 Å². The molecule has 0 spiro atoms. The summed E-state index contributed by atoms with van der Waals surface area (Å²) in [4.78, 5) is 17.9. The van der Waals surface area contributed by atoms with E-state index in [9.17, 15) is 9.90 Å². The molecule has 3 aromatic carbocycles. The molecule has 3 heterocycles. The number of benzene rings is 3. The van der Waals surface area contributed by atoms with Crippen LogP contribution in [0.25, 0.3) is 39.3 Å². The summed E-state index contributed by atoms with van der Waals surface area (Å²) in [6, 6.07) is 18.5. The third kappa shape index (κ3) is 5.33. The quantitative estimate of drug-likeness (QED) is 0.207. The largest absolute Gasteiger partial charge is 0.490 e. The fourth-order valence-corrected chi connectivity index (χ4v) is 6.13. The summed E-state index contributed by atoms with van der Waals surface area (Å²) < 4.78 is 29.3. The topological polar surface area (TPSA) is 86.0 Å². The van der Waals surface area contributed by atoms with Crippen molar-refractivity contribution in [3.8, 4) is 39.4 Å². The Labute approximate surface area is 260 Å². The second kappa shape index (κ2) is 11.3. The van der Waals surface area contributed by atoms with Crippen LogP contribution < -0.4 is 4.74 Å². The molecule has 0 amide bonds. The van der Waals surface area contributed by atoms with Gasteiger partial charge in [0.05, 0.1) is 23.5 Å². The van der Waals surface area contributed by atoms with Crippen LogP contribution in [0, 0.1) is 19.7 Å². The van der Waals surface area contributed by atoms with E-state index in [2.05, 4.69) is 0 Å². The van der Waals surface area contributed by atoms with E-state index >= 15 is 4.39 Å². The number of carboxylic acids is 1. The van der Waals surface area contributed by atoms with Crippen molar-refractivity contribution in [2.24, 2.45) is 0 Å². The van der Waals surface area contributed by atoms with Crippen LogP contribution in [0.15, 0.2) is 60.7 Å². The van der Waals surface area contributed by atoms with Crippen LogP contribution in [0.4, 0.5) is 4.39 Å². The first kappa shape index (κ1) is 29.8. The molecule has 9 heteroatoms. The van der Waals surface area contributed by atoms with Gasteiger partial charge in [-0.05, 0) is 76.8 Å². The van der Waals surface area contributed by atoms with Crippen molar-refractivity contribution in [2.75, 3.05) is 6.61 Å². The first-order valence-corrected chi connectivity index (χ1v) is 14.9. The fraction of sp³-hybridized carbons (Fsp3) is 0.286. The second-order valence-corrected chi connectivity index (χ2v) is 12.5. The lowest BCUT2D eigenvalue weighted by Gasteiger charge is -2.28. The molecule has 0 aliphatic carbocycles. The van der Waals surface area contributed by atoms with Gasteiger partial charge in [0, 0.05) is 33.0 Å². The van der Waals surface area contributed by atoms with E-state index in [0.29, 0.717) is 51.9 Å². The Kier molecular flexibility index (Phi) is 7.68. The Balaban J connectivity index is 1.79. The summed E-state index contributed by atoms with van der Waals surface area (Å²) in [5.74, 6) is -1.45. The van der Waals surface area contributed by atoms with Crippen LogP contribution >= 0.6 is 11.6 Å². The maximum Gasteiger partial charge on any atom is 0.337 e. The minimum atomic E-state index is -1.41. The summed E-state index contributed by atoms with van der Waals surface area (Å²) in [6.07, 6.45) is -0.0223. The first-order valence-electron chi connectivity index (χ1n) is 14.5. The molecule has 0 saturated heterocycles. The molecular weight excluding hydrogens is 581 g/mol. The van der Waals surface area contributed by atoms with Crippen LogP contribution in [0.2, 0.25) is 5.02 Å². The molecular formula is C35H33ClFN3O4. The molecule has 6 rings (SSSR count). The number of ether oxygens (including phenoxy) is 2. The van der Waals surface area contributed by atoms with Crippen molar-refractivity contribution in [2.45, 2.75) is 59.2 Å². The Bertz CT molecular complexity index is 1910. The molecule has 5 aromatic rings. The predicted octanol–water partition coefficient (Wildman–Crippen LogP) is 8.41. The Hall–Kier alpha value is -4.27. The molecule has 0 bridgehead atoms. The number of hydrogen-bond donors (Lipinski definition) is 1. The zero-order valence-corrected chi connectivity index (χ0v) is 26.0. The molecule has 226 valence electrons. The summed E-state index contributed by atoms with van der Waals surface area (Å²) in [5, 5.41) is 16.2. The van der Waals surface area contributed by atoms with Crippen molar-refractivity contribution >= 4 is 23.2 Å². The maximum atomic E-state index is 15.8. The van der Waals surface area contributed by atoms with Crippen molar-refractivity contribution in [3.63, 3.8) is 0 Å². The van der Waals surface area contributed by atoms with E-state index in [-0.39, 0.29) is 5.75 Å². The summed E-state index contributed by atoms with van der Waals surface area (Å²) in [6.45, 7) is 9.49. The molecule has 1 aliphatic rings. The maximum absolute atomic E-state index is 15.8. The zero-order chi connectivity index (χ0) is 31.3. The molecule has 7 nitrogen and oxygen atoms in total. The van der Waals surface area contributed by atoms with E-state index in [1.807, 2.05) is 55.5 Å². The van der Waals surface area contributed by atoms with Crippen LogP contribution in [0.1, 0.15) is 55.7 Å². The summed E-state index contributed by atoms with van der Waals surface area (Å²) >= 11 is 6.46. The van der Waals surface area contributed by atoms with E-state index in [1.165, 1.54) is 6.07 Å². The number of aromatic nitrogens is 3. The highest BCUT2D eigenvalue weighted by atomic mass is 35.5. The highest BCUT2D eigenvalue weighted by Crippen LogP contribution is 2.44. The number of nitrogens with zero attached hydrogens (tertiary/aromatic N) is 3. The SMILES string of the molecule is Cc1nc2c(-c3cccc(Cl)c3)c(-c3ccccc3)nn2c(-c2cc(F)c3c(c2C)CCCO3)c1C(OC(C)(C)C)C(=O)O. The smallest absolute Gasteiger partial charge is 0.337 e. The average molecular weight is 614 g/mol. The Morgan fingerprint density at radius 2 is 1.82 bits per heavy atom. The predicted molar refractivity (Wildman–Crippen MR) is 169 cm³/mol. The van der Waals surface area contributed by atoms with Gasteiger partial charge in [0.25, 0.3) is 0 Å². The minimum Gasteiger partial charge on any atom is -0.490 e. The lowest BCUT2D eigenvalue weighted by molar-refractivity contribution is -0.160. The lowest BCUT2D eigenvalue weighted by Crippen LogP contribution is -2.29. The number of rotatable bonds is 6. The number of aryl methyl sites for hydroxylation is 1. The van der Waals surface area contributed by atoms with Gasteiger partial charge in [-0.15, -0.1) is 0 Å². The molecule has 1 atom stereocenters. The van der Waals surface area contributed by atoms with Crippen molar-refractivity contribution < 1.29 is 23.8 Å². The van der Waals surface area contributed by atoms with Gasteiger partial charge in [0.1, 0.15) is 5.69 Å². The molecule has 44 heavy (non-hydrogen) atoms. The van der Waals surface area contributed by atoms with Gasteiger partial charge in [-0.2, -0.15) is 5.10 Å². The first-order chi connectivity index (χ1) is 20.9. The van der Waals surface area contributed by atoms with Crippen LogP contribution in [0.5, 0.6) is 5.75 Å². The summed E-state index contributed by atoms with van der Waals surface area (Å²) in [7, 11) is 0. The van der Waals surface area contributed by atoms with Crippen molar-refractivity contribution in [3.05, 3.63) is 93.9 Å². The zero-order valence-electron chi connectivity index (χ0n) is 25.2. The molecule has 0 radical (unpaired) electrons. The molecule has 1 N–H and O–H groups in total. The number of hydrogen-bond acceptors (Lipinski definition) is 5. The third-order valence-corrected chi connectivity index (χ3v) is 8.04. The van der Waals surface area contributed by atoms with Crippen LogP contribution in [0.3, 0.4) is 0 Å². The normalized spacial score (nSPS) is 13.9. The fourth-order valence-electron chi connectivity index (χ4n) is 5.94. The van der Waals surface area contributed by atoms with Gasteiger partial charge in [0.15, 0.2) is 23.3 Å². The van der Waals surface area contributed by atoms with Gasteiger partial charge >= 0.3 is 5.97 Å². The second-order valence-electron chi connectivity index (χ2n) is 12.0. The number of halogens is 2. The van der Waals surface area contributed by atoms with E-state index in [0.717, 1.165) is 34.2 Å². The highest BCUT2D eigenvalue weighted by molar-refractivity contribution is 6.31. The van der Waals surface area contributed by atoms with Crippen LogP contribution in [-0.4, -0.2) is 37.9 Å². The summed E-state index contributed by atoms with van der Waals surface area (Å²) in [5.41, 5.74) is 5.83. The third-order valence-electron chi connectivity index (χ3n) is 7.80. The van der Waals surface area contributed by atoms with Gasteiger partial charge in [-0.1, -0.05) is 54.1 Å². The van der Waals surface area contributed by atoms with E-state index in [4.69, 9.17) is 31.2 Å². The molecule has 1 unspecified atom stereocenters. The number of carbonyl (C=O) groups is 1. The molecule has 1 aliphatic heterocycles. The van der Waals surface area contributed by atoms with E-state index in [1.54, 1.807) is 38.3 Å². The Morgan fingerprint density at radius 3 is 2.50 bits per heavy atom. The van der Waals surface area contributed by atoms with Gasteiger partial charge in [0.2, 0.25) is 0 Å². The van der Waals surface area contributed by atoms with Crippen molar-refractivity contribution in [1.82, 2.24) is 14.6 Å². The van der Waals surface area contributed by atoms with Crippen LogP contribution in [-0.2, 0) is 16.0 Å². The average Bonchev–Trinajstić information content (AvgIpc) is 3.36. The van der Waals surface area contributed by atoms with Gasteiger partial charge < -0.3 is 14.6 Å². The number of fused-ring (bicyclic) bond motifs is 2. The molecule has 0 fully saturated rings. The number of carboxylic acid groups (broad SMARTS) is 1. The molecule has 2 aromatic heterocycles. The molecule has 0 saturated carbocycles. The van der Waals surface area contributed by atoms with Gasteiger partial charge in [-0.3, -0.25) is 0 Å². The highest BCUT2D eigenvalue weighted by Gasteiger charge is 2.35. The van der Waals surface area contributed by atoms with Crippen molar-refractivity contribution in [1.29, 1.82) is 0 Å². The number of aliphatic carboxylic acids is 1.